The number of hydrogen-bond acceptors (Lipinski definition) is 5. The van der Waals surface area contributed by atoms with Crippen LogP contribution in [0.4, 0.5) is 0 Å². The molecule has 2 aromatic heterocycles. The molecule has 0 unspecified atom stereocenters. The molecule has 2 rings (SSSR count). The molecule has 0 spiro atoms. The number of aryl methyl sites for hydroxylation is 2. The number of carbonyl (C=O) groups excluding carboxylic acids is 1. The van der Waals surface area contributed by atoms with E-state index >= 15 is 0 Å². The van der Waals surface area contributed by atoms with Crippen molar-refractivity contribution in [3.05, 3.63) is 41.9 Å². The molecule has 2 aromatic rings. The van der Waals surface area contributed by atoms with E-state index in [9.17, 15) is 13.2 Å². The van der Waals surface area contributed by atoms with Crippen LogP contribution in [-0.2, 0) is 16.9 Å². The van der Waals surface area contributed by atoms with E-state index in [4.69, 9.17) is 0 Å². The molecule has 0 aliphatic rings. The van der Waals surface area contributed by atoms with E-state index < -0.39 is 21.4 Å². The second kappa shape index (κ2) is 4.93. The number of Topliss-reactive ketones (excluding diaryl/α,β-unsaturated/α-hetero) is 1. The Kier molecular flexibility index (Phi) is 3.48. The maximum Gasteiger partial charge on any atom is 0.203 e. The van der Waals surface area contributed by atoms with Crippen LogP contribution >= 0.6 is 0 Å². The highest BCUT2D eigenvalue weighted by Crippen LogP contribution is 2.10. The highest BCUT2D eigenvalue weighted by molar-refractivity contribution is 7.92. The third-order valence-corrected chi connectivity index (χ3v) is 4.20. The monoisotopic (exact) mass is 279 g/mol. The summed E-state index contributed by atoms with van der Waals surface area (Å²) >= 11 is 0. The fraction of sp³-hybridized carbons (Fsp3) is 0.250. The second-order valence-electron chi connectivity index (χ2n) is 4.14. The first kappa shape index (κ1) is 13.4. The van der Waals surface area contributed by atoms with Crippen LogP contribution in [0.2, 0.25) is 0 Å². The summed E-state index contributed by atoms with van der Waals surface area (Å²) in [7, 11) is -2.03. The van der Waals surface area contributed by atoms with Gasteiger partial charge in [-0.1, -0.05) is 6.07 Å². The number of carbonyl (C=O) groups is 1. The van der Waals surface area contributed by atoms with Gasteiger partial charge in [-0.25, -0.2) is 13.4 Å². The summed E-state index contributed by atoms with van der Waals surface area (Å²) in [4.78, 5) is 15.7. The van der Waals surface area contributed by atoms with Gasteiger partial charge < -0.3 is 0 Å². The van der Waals surface area contributed by atoms with E-state index in [0.717, 1.165) is 5.69 Å². The minimum Gasteiger partial charge on any atom is -0.291 e. The zero-order valence-corrected chi connectivity index (χ0v) is 11.4. The standard InChI is InChI=1S/C12H13N3O3S/c1-9-7-10(14-15(9)2)11(16)8-19(17,18)12-5-3-4-6-13-12/h3-7H,8H2,1-2H3. The van der Waals surface area contributed by atoms with Crippen LogP contribution in [-0.4, -0.2) is 34.7 Å². The van der Waals surface area contributed by atoms with E-state index in [0.29, 0.717) is 0 Å². The maximum atomic E-state index is 12.0. The van der Waals surface area contributed by atoms with Crippen molar-refractivity contribution in [3.63, 3.8) is 0 Å². The van der Waals surface area contributed by atoms with Gasteiger partial charge in [0.25, 0.3) is 0 Å². The first-order chi connectivity index (χ1) is 8.90. The lowest BCUT2D eigenvalue weighted by Crippen LogP contribution is -2.18. The van der Waals surface area contributed by atoms with Crippen molar-refractivity contribution in [2.45, 2.75) is 11.9 Å². The molecule has 6 nitrogen and oxygen atoms in total. The van der Waals surface area contributed by atoms with Gasteiger partial charge in [-0.15, -0.1) is 0 Å². The smallest absolute Gasteiger partial charge is 0.203 e. The molecule has 0 saturated carbocycles. The summed E-state index contributed by atoms with van der Waals surface area (Å²) in [6.07, 6.45) is 1.38. The van der Waals surface area contributed by atoms with Gasteiger partial charge in [0.05, 0.1) is 0 Å². The van der Waals surface area contributed by atoms with Crippen LogP contribution in [0.5, 0.6) is 0 Å². The fourth-order valence-electron chi connectivity index (χ4n) is 1.55. The first-order valence-electron chi connectivity index (χ1n) is 5.58. The Hall–Kier alpha value is -2.02. The zero-order valence-electron chi connectivity index (χ0n) is 10.6. The van der Waals surface area contributed by atoms with Crippen LogP contribution in [0.25, 0.3) is 0 Å². The molecular formula is C12H13N3O3S. The Balaban J connectivity index is 2.24. The van der Waals surface area contributed by atoms with Crippen molar-refractivity contribution < 1.29 is 13.2 Å². The molecule has 0 fully saturated rings. The summed E-state index contributed by atoms with van der Waals surface area (Å²) in [6, 6.07) is 6.11. The lowest BCUT2D eigenvalue weighted by atomic mass is 10.3. The molecule has 0 aliphatic heterocycles. The lowest BCUT2D eigenvalue weighted by molar-refractivity contribution is 0.101. The SMILES string of the molecule is Cc1cc(C(=O)CS(=O)(=O)c2ccccn2)nn1C. The van der Waals surface area contributed by atoms with E-state index in [1.165, 1.54) is 16.9 Å². The van der Waals surface area contributed by atoms with Gasteiger partial charge >= 0.3 is 0 Å². The van der Waals surface area contributed by atoms with Crippen LogP contribution in [0.15, 0.2) is 35.5 Å². The summed E-state index contributed by atoms with van der Waals surface area (Å²) in [6.45, 7) is 1.79. The number of pyridine rings is 1. The van der Waals surface area contributed by atoms with Crippen LogP contribution in [0.1, 0.15) is 16.2 Å². The van der Waals surface area contributed by atoms with Crippen molar-refractivity contribution in [2.24, 2.45) is 7.05 Å². The topological polar surface area (TPSA) is 81.9 Å². The van der Waals surface area contributed by atoms with Gasteiger partial charge in [0.1, 0.15) is 11.4 Å². The molecule has 0 aromatic carbocycles. The Morgan fingerprint density at radius 2 is 2.11 bits per heavy atom. The molecule has 2 heterocycles. The largest absolute Gasteiger partial charge is 0.291 e. The van der Waals surface area contributed by atoms with Crippen molar-refractivity contribution in [2.75, 3.05) is 5.75 Å². The zero-order chi connectivity index (χ0) is 14.0. The van der Waals surface area contributed by atoms with Crippen LogP contribution < -0.4 is 0 Å². The first-order valence-corrected chi connectivity index (χ1v) is 7.23. The van der Waals surface area contributed by atoms with Crippen LogP contribution in [0.3, 0.4) is 0 Å². The Morgan fingerprint density at radius 1 is 1.37 bits per heavy atom. The van der Waals surface area contributed by atoms with E-state index in [1.54, 1.807) is 32.2 Å². The molecule has 0 N–H and O–H groups in total. The average molecular weight is 279 g/mol. The summed E-state index contributed by atoms with van der Waals surface area (Å²) in [5, 5.41) is 3.87. The molecule has 0 radical (unpaired) electrons. The molecular weight excluding hydrogens is 266 g/mol. The van der Waals surface area contributed by atoms with E-state index in [2.05, 4.69) is 10.1 Å². The Morgan fingerprint density at radius 3 is 2.63 bits per heavy atom. The Labute approximate surface area is 111 Å². The predicted molar refractivity (Wildman–Crippen MR) is 68.6 cm³/mol. The Bertz CT molecular complexity index is 686. The molecule has 0 aliphatic carbocycles. The quantitative estimate of drug-likeness (QED) is 0.772. The van der Waals surface area contributed by atoms with Gasteiger partial charge in [0.15, 0.2) is 10.8 Å². The number of hydrogen-bond donors (Lipinski definition) is 0. The lowest BCUT2D eigenvalue weighted by Gasteiger charge is -2.01. The van der Waals surface area contributed by atoms with Crippen molar-refractivity contribution >= 4 is 15.6 Å². The minimum atomic E-state index is -3.72. The third-order valence-electron chi connectivity index (χ3n) is 2.68. The number of ketones is 1. The summed E-state index contributed by atoms with van der Waals surface area (Å²) in [5.74, 6) is -1.16. The van der Waals surface area contributed by atoms with Crippen molar-refractivity contribution in [1.82, 2.24) is 14.8 Å². The normalized spacial score (nSPS) is 11.5. The highest BCUT2D eigenvalue weighted by atomic mass is 32.2. The number of aromatic nitrogens is 3. The van der Waals surface area contributed by atoms with Crippen LogP contribution in [0, 0.1) is 6.92 Å². The summed E-state index contributed by atoms with van der Waals surface area (Å²) in [5.41, 5.74) is 0.943. The third kappa shape index (κ3) is 2.87. The van der Waals surface area contributed by atoms with Gasteiger partial charge in [0, 0.05) is 18.9 Å². The molecule has 0 amide bonds. The molecule has 0 bridgehead atoms. The average Bonchev–Trinajstić information content (AvgIpc) is 2.70. The number of sulfone groups is 1. The van der Waals surface area contributed by atoms with Crippen molar-refractivity contribution in [1.29, 1.82) is 0 Å². The molecule has 19 heavy (non-hydrogen) atoms. The second-order valence-corrected chi connectivity index (χ2v) is 6.08. The van der Waals surface area contributed by atoms with Gasteiger partial charge in [-0.05, 0) is 25.1 Å². The molecule has 0 atom stereocenters. The number of rotatable bonds is 4. The van der Waals surface area contributed by atoms with Gasteiger partial charge in [-0.2, -0.15) is 5.10 Å². The molecule has 7 heteroatoms. The highest BCUT2D eigenvalue weighted by Gasteiger charge is 2.23. The van der Waals surface area contributed by atoms with E-state index in [1.807, 2.05) is 0 Å². The van der Waals surface area contributed by atoms with E-state index in [-0.39, 0.29) is 10.7 Å². The minimum absolute atomic E-state index is 0.101. The van der Waals surface area contributed by atoms with Gasteiger partial charge in [0.2, 0.25) is 9.84 Å². The van der Waals surface area contributed by atoms with Crippen molar-refractivity contribution in [3.8, 4) is 0 Å². The summed E-state index contributed by atoms with van der Waals surface area (Å²) < 4.78 is 25.5. The predicted octanol–water partition coefficient (Wildman–Crippen LogP) is 0.780. The fourth-order valence-corrected chi connectivity index (χ4v) is 2.70. The number of nitrogens with zero attached hydrogens (tertiary/aromatic N) is 3. The molecule has 100 valence electrons. The maximum absolute atomic E-state index is 12.0. The molecule has 0 saturated heterocycles. The van der Waals surface area contributed by atoms with Gasteiger partial charge in [-0.3, -0.25) is 9.48 Å².